The van der Waals surface area contributed by atoms with Gasteiger partial charge < -0.3 is 10.2 Å². The van der Waals surface area contributed by atoms with Crippen LogP contribution >= 0.6 is 0 Å². The van der Waals surface area contributed by atoms with E-state index in [-0.39, 0.29) is 5.54 Å². The number of rotatable bonds is 8. The molecule has 20 heavy (non-hydrogen) atoms. The van der Waals surface area contributed by atoms with Crippen molar-refractivity contribution in [1.29, 1.82) is 0 Å². The van der Waals surface area contributed by atoms with Crippen LogP contribution in [0.3, 0.4) is 0 Å². The van der Waals surface area contributed by atoms with E-state index in [9.17, 15) is 0 Å². The van der Waals surface area contributed by atoms with Gasteiger partial charge in [-0.25, -0.2) is 0 Å². The highest BCUT2D eigenvalue weighted by Crippen LogP contribution is 2.08. The van der Waals surface area contributed by atoms with Crippen LogP contribution in [0.15, 0.2) is 24.3 Å². The summed E-state index contributed by atoms with van der Waals surface area (Å²) in [6.45, 7) is 12.2. The third-order valence-corrected chi connectivity index (χ3v) is 3.41. The standard InChI is InChI=1S/C18H32N2/c1-16-10-9-11-17(14-16)15-20(5)13-8-6-7-12-19-18(2,3)4/h9-11,14,19H,6-8,12-13,15H2,1-5H3. The van der Waals surface area contributed by atoms with Crippen LogP contribution in [0.4, 0.5) is 0 Å². The molecule has 0 amide bonds. The molecular formula is C18H32N2. The highest BCUT2D eigenvalue weighted by atomic mass is 15.1. The van der Waals surface area contributed by atoms with Crippen molar-refractivity contribution in [2.75, 3.05) is 20.1 Å². The number of hydrogen-bond acceptors (Lipinski definition) is 2. The van der Waals surface area contributed by atoms with Gasteiger partial charge in [-0.2, -0.15) is 0 Å². The molecule has 0 radical (unpaired) electrons. The predicted octanol–water partition coefficient (Wildman–Crippen LogP) is 3.99. The second kappa shape index (κ2) is 8.43. The van der Waals surface area contributed by atoms with Gasteiger partial charge in [-0.05, 0) is 66.2 Å². The zero-order valence-corrected chi connectivity index (χ0v) is 14.0. The fraction of sp³-hybridized carbons (Fsp3) is 0.667. The maximum absolute atomic E-state index is 3.54. The lowest BCUT2D eigenvalue weighted by Crippen LogP contribution is -2.36. The second-order valence-corrected chi connectivity index (χ2v) is 6.96. The first-order valence-corrected chi connectivity index (χ1v) is 7.86. The minimum absolute atomic E-state index is 0.252. The number of benzene rings is 1. The summed E-state index contributed by atoms with van der Waals surface area (Å²) in [6, 6.07) is 8.81. The lowest BCUT2D eigenvalue weighted by Gasteiger charge is -2.21. The molecule has 0 aliphatic carbocycles. The highest BCUT2D eigenvalue weighted by molar-refractivity contribution is 5.21. The largest absolute Gasteiger partial charge is 0.312 e. The van der Waals surface area contributed by atoms with E-state index in [2.05, 4.69) is 69.2 Å². The number of unbranched alkanes of at least 4 members (excludes halogenated alkanes) is 2. The minimum Gasteiger partial charge on any atom is -0.312 e. The van der Waals surface area contributed by atoms with Gasteiger partial charge >= 0.3 is 0 Å². The van der Waals surface area contributed by atoms with Crippen molar-refractivity contribution in [1.82, 2.24) is 10.2 Å². The van der Waals surface area contributed by atoms with E-state index in [1.165, 1.54) is 36.9 Å². The fourth-order valence-corrected chi connectivity index (χ4v) is 2.35. The molecule has 0 fully saturated rings. The Morgan fingerprint density at radius 3 is 2.50 bits per heavy atom. The lowest BCUT2D eigenvalue weighted by atomic mass is 10.1. The van der Waals surface area contributed by atoms with Gasteiger partial charge in [-0.1, -0.05) is 36.2 Å². The van der Waals surface area contributed by atoms with Crippen molar-refractivity contribution < 1.29 is 0 Å². The molecule has 0 heterocycles. The topological polar surface area (TPSA) is 15.3 Å². The van der Waals surface area contributed by atoms with Gasteiger partial charge in [0.05, 0.1) is 0 Å². The first-order chi connectivity index (χ1) is 9.37. The Morgan fingerprint density at radius 1 is 1.10 bits per heavy atom. The van der Waals surface area contributed by atoms with Crippen LogP contribution < -0.4 is 5.32 Å². The quantitative estimate of drug-likeness (QED) is 0.722. The van der Waals surface area contributed by atoms with Gasteiger partial charge in [0.1, 0.15) is 0 Å². The first-order valence-electron chi connectivity index (χ1n) is 7.86. The van der Waals surface area contributed by atoms with Gasteiger partial charge in [0, 0.05) is 12.1 Å². The molecule has 2 nitrogen and oxygen atoms in total. The van der Waals surface area contributed by atoms with E-state index >= 15 is 0 Å². The lowest BCUT2D eigenvalue weighted by molar-refractivity contribution is 0.315. The fourth-order valence-electron chi connectivity index (χ4n) is 2.35. The average Bonchev–Trinajstić information content (AvgIpc) is 2.32. The third kappa shape index (κ3) is 8.34. The Kier molecular flexibility index (Phi) is 7.25. The zero-order chi connectivity index (χ0) is 15.0. The van der Waals surface area contributed by atoms with Crippen LogP contribution in [-0.2, 0) is 6.54 Å². The Bertz CT molecular complexity index is 379. The molecular weight excluding hydrogens is 244 g/mol. The SMILES string of the molecule is Cc1cccc(CN(C)CCCCCNC(C)(C)C)c1. The predicted molar refractivity (Wildman–Crippen MR) is 89.1 cm³/mol. The molecule has 1 N–H and O–H groups in total. The van der Waals surface area contributed by atoms with Crippen LogP contribution in [0.5, 0.6) is 0 Å². The molecule has 1 aromatic rings. The van der Waals surface area contributed by atoms with Crippen LogP contribution in [0, 0.1) is 6.92 Å². The molecule has 0 unspecified atom stereocenters. The van der Waals surface area contributed by atoms with Crippen LogP contribution in [-0.4, -0.2) is 30.6 Å². The van der Waals surface area contributed by atoms with Crippen molar-refractivity contribution in [3.8, 4) is 0 Å². The Morgan fingerprint density at radius 2 is 1.85 bits per heavy atom. The van der Waals surface area contributed by atoms with E-state index in [1.54, 1.807) is 0 Å². The minimum atomic E-state index is 0.252. The molecule has 0 saturated carbocycles. The molecule has 0 aliphatic rings. The third-order valence-electron chi connectivity index (χ3n) is 3.41. The smallest absolute Gasteiger partial charge is 0.0230 e. The summed E-state index contributed by atoms with van der Waals surface area (Å²) in [4.78, 5) is 2.42. The van der Waals surface area contributed by atoms with Crippen LogP contribution in [0.25, 0.3) is 0 Å². The number of hydrogen-bond donors (Lipinski definition) is 1. The van der Waals surface area contributed by atoms with Gasteiger partial charge in [0.2, 0.25) is 0 Å². The van der Waals surface area contributed by atoms with Gasteiger partial charge in [-0.3, -0.25) is 0 Å². The average molecular weight is 276 g/mol. The summed E-state index contributed by atoms with van der Waals surface area (Å²) >= 11 is 0. The normalized spacial score (nSPS) is 12.1. The molecule has 0 bridgehead atoms. The molecule has 1 aromatic carbocycles. The molecule has 2 heteroatoms. The second-order valence-electron chi connectivity index (χ2n) is 6.96. The van der Waals surface area contributed by atoms with Crippen molar-refractivity contribution in [3.63, 3.8) is 0 Å². The van der Waals surface area contributed by atoms with E-state index in [0.29, 0.717) is 0 Å². The molecule has 0 spiro atoms. The summed E-state index contributed by atoms with van der Waals surface area (Å²) in [5.74, 6) is 0. The van der Waals surface area contributed by atoms with E-state index < -0.39 is 0 Å². The maximum Gasteiger partial charge on any atom is 0.0230 e. The molecule has 0 saturated heterocycles. The highest BCUT2D eigenvalue weighted by Gasteiger charge is 2.07. The summed E-state index contributed by atoms with van der Waals surface area (Å²) in [5.41, 5.74) is 3.02. The van der Waals surface area contributed by atoms with E-state index in [4.69, 9.17) is 0 Å². The number of nitrogens with one attached hydrogen (secondary N) is 1. The summed E-state index contributed by atoms with van der Waals surface area (Å²) in [5, 5.41) is 3.54. The molecule has 0 aromatic heterocycles. The first kappa shape index (κ1) is 17.2. The number of nitrogens with zero attached hydrogens (tertiary/aromatic N) is 1. The van der Waals surface area contributed by atoms with Gasteiger partial charge in [0.15, 0.2) is 0 Å². The van der Waals surface area contributed by atoms with Crippen molar-refractivity contribution in [3.05, 3.63) is 35.4 Å². The van der Waals surface area contributed by atoms with Crippen LogP contribution in [0.2, 0.25) is 0 Å². The number of aryl methyl sites for hydroxylation is 1. The maximum atomic E-state index is 3.54. The van der Waals surface area contributed by atoms with E-state index in [1.807, 2.05) is 0 Å². The molecule has 114 valence electrons. The van der Waals surface area contributed by atoms with Gasteiger partial charge in [-0.15, -0.1) is 0 Å². The summed E-state index contributed by atoms with van der Waals surface area (Å²) < 4.78 is 0. The Hall–Kier alpha value is -0.860. The summed E-state index contributed by atoms with van der Waals surface area (Å²) in [6.07, 6.45) is 3.87. The summed E-state index contributed by atoms with van der Waals surface area (Å²) in [7, 11) is 2.22. The van der Waals surface area contributed by atoms with Crippen molar-refractivity contribution in [2.45, 2.75) is 59.0 Å². The molecule has 0 aliphatic heterocycles. The monoisotopic (exact) mass is 276 g/mol. The van der Waals surface area contributed by atoms with Gasteiger partial charge in [0.25, 0.3) is 0 Å². The zero-order valence-electron chi connectivity index (χ0n) is 14.0. The molecule has 0 atom stereocenters. The Balaban J connectivity index is 2.10. The van der Waals surface area contributed by atoms with E-state index in [0.717, 1.165) is 13.1 Å². The van der Waals surface area contributed by atoms with Crippen molar-refractivity contribution >= 4 is 0 Å². The van der Waals surface area contributed by atoms with Crippen molar-refractivity contribution in [2.24, 2.45) is 0 Å². The molecule has 1 rings (SSSR count). The van der Waals surface area contributed by atoms with Crippen LogP contribution in [0.1, 0.15) is 51.2 Å². The Labute approximate surface area is 125 Å².